The van der Waals surface area contributed by atoms with Gasteiger partial charge < -0.3 is 14.1 Å². The van der Waals surface area contributed by atoms with E-state index in [1.165, 1.54) is 0 Å². The van der Waals surface area contributed by atoms with Crippen molar-refractivity contribution in [2.75, 3.05) is 19.7 Å². The minimum absolute atomic E-state index is 0.0269. The van der Waals surface area contributed by atoms with Gasteiger partial charge in [0.15, 0.2) is 18.1 Å². The van der Waals surface area contributed by atoms with Crippen LogP contribution in [-0.4, -0.2) is 40.5 Å². The number of likely N-dealkylation sites (tertiary alicyclic amines) is 1. The van der Waals surface area contributed by atoms with Crippen molar-refractivity contribution >= 4 is 39.5 Å². The summed E-state index contributed by atoms with van der Waals surface area (Å²) in [5.41, 5.74) is 2.35. The van der Waals surface area contributed by atoms with Crippen LogP contribution in [0.15, 0.2) is 59.1 Å². The Labute approximate surface area is 178 Å². The van der Waals surface area contributed by atoms with Gasteiger partial charge in [-0.15, -0.1) is 0 Å². The number of benzene rings is 2. The number of ether oxygens (including phenoxy) is 1. The Bertz CT molecular complexity index is 1180. The van der Waals surface area contributed by atoms with E-state index < -0.39 is 0 Å². The Morgan fingerprint density at radius 3 is 2.80 bits per heavy atom. The van der Waals surface area contributed by atoms with Crippen LogP contribution < -0.4 is 4.74 Å². The van der Waals surface area contributed by atoms with Crippen molar-refractivity contribution in [1.82, 2.24) is 14.9 Å². The number of carbonyl (C=O) groups excluding carboxylic acids is 1. The summed E-state index contributed by atoms with van der Waals surface area (Å²) in [5.74, 6) is 1.51. The number of amides is 1. The number of carbonyl (C=O) groups is 1. The fourth-order valence-electron chi connectivity index (χ4n) is 3.90. The lowest BCUT2D eigenvalue weighted by molar-refractivity contribution is -0.134. The number of oxazole rings is 1. The number of nitrogens with zero attached hydrogens (tertiary/aromatic N) is 3. The highest BCUT2D eigenvalue weighted by Gasteiger charge is 2.27. The molecule has 2 aromatic heterocycles. The predicted octanol–water partition coefficient (Wildman–Crippen LogP) is 4.81. The molecule has 1 amide bonds. The van der Waals surface area contributed by atoms with Crippen LogP contribution in [0.2, 0.25) is 5.02 Å². The summed E-state index contributed by atoms with van der Waals surface area (Å²) in [5, 5.41) is 1.42. The van der Waals surface area contributed by atoms with Crippen molar-refractivity contribution in [3.05, 3.63) is 65.6 Å². The van der Waals surface area contributed by atoms with E-state index in [0.29, 0.717) is 29.4 Å². The molecule has 1 saturated heterocycles. The van der Waals surface area contributed by atoms with Gasteiger partial charge in [-0.05, 0) is 49.2 Å². The molecule has 152 valence electrons. The molecule has 0 atom stereocenters. The van der Waals surface area contributed by atoms with Crippen LogP contribution in [0.25, 0.3) is 22.0 Å². The Hall–Kier alpha value is -3.12. The molecule has 30 heavy (non-hydrogen) atoms. The third-order valence-electron chi connectivity index (χ3n) is 5.54. The van der Waals surface area contributed by atoms with Crippen LogP contribution in [0.4, 0.5) is 0 Å². The Kier molecular flexibility index (Phi) is 5.01. The zero-order valence-electron chi connectivity index (χ0n) is 16.3. The first-order valence-electron chi connectivity index (χ1n) is 9.98. The summed E-state index contributed by atoms with van der Waals surface area (Å²) >= 11 is 6.22. The lowest BCUT2D eigenvalue weighted by Gasteiger charge is -2.30. The van der Waals surface area contributed by atoms with E-state index >= 15 is 0 Å². The Morgan fingerprint density at radius 2 is 1.97 bits per heavy atom. The Balaban J connectivity index is 1.21. The zero-order chi connectivity index (χ0) is 20.5. The first kappa shape index (κ1) is 18.9. The molecular weight excluding hydrogens is 402 g/mol. The molecule has 4 aromatic rings. The van der Waals surface area contributed by atoms with Gasteiger partial charge in [0.05, 0.1) is 5.02 Å². The second-order valence-corrected chi connectivity index (χ2v) is 7.82. The molecule has 0 radical (unpaired) electrons. The van der Waals surface area contributed by atoms with E-state index in [4.69, 9.17) is 20.8 Å². The summed E-state index contributed by atoms with van der Waals surface area (Å²) in [6.45, 7) is 1.29. The largest absolute Gasteiger partial charge is 0.481 e. The highest BCUT2D eigenvalue weighted by molar-refractivity contribution is 6.35. The van der Waals surface area contributed by atoms with E-state index in [1.807, 2.05) is 41.3 Å². The molecule has 6 nitrogen and oxygen atoms in total. The van der Waals surface area contributed by atoms with Gasteiger partial charge in [-0.3, -0.25) is 9.78 Å². The molecule has 1 fully saturated rings. The standard InChI is InChI=1S/C23H20ClN3O3/c24-17-7-8-20(22-16(17)4-3-11-25-22)29-14-21(28)27-12-9-15(10-13-27)23-26-18-5-1-2-6-19(18)30-23/h1-8,11,15H,9-10,12-14H2. The molecule has 1 aliphatic heterocycles. The number of hydrogen-bond donors (Lipinski definition) is 0. The topological polar surface area (TPSA) is 68.5 Å². The second kappa shape index (κ2) is 7.95. The van der Waals surface area contributed by atoms with Crippen LogP contribution in [0.1, 0.15) is 24.7 Å². The van der Waals surface area contributed by atoms with Gasteiger partial charge in [-0.2, -0.15) is 0 Å². The SMILES string of the molecule is O=C(COc1ccc(Cl)c2cccnc12)N1CCC(c2nc3ccccc3o2)CC1. The summed E-state index contributed by atoms with van der Waals surface area (Å²) in [6.07, 6.45) is 3.33. The number of hydrogen-bond acceptors (Lipinski definition) is 5. The number of rotatable bonds is 4. The van der Waals surface area contributed by atoms with Gasteiger partial charge >= 0.3 is 0 Å². The van der Waals surface area contributed by atoms with E-state index in [0.717, 1.165) is 35.2 Å². The summed E-state index contributed by atoms with van der Waals surface area (Å²) in [4.78, 5) is 23.5. The fourth-order valence-corrected chi connectivity index (χ4v) is 4.12. The van der Waals surface area contributed by atoms with Gasteiger partial charge in [-0.25, -0.2) is 4.98 Å². The molecule has 3 heterocycles. The van der Waals surface area contributed by atoms with Gasteiger partial charge in [-0.1, -0.05) is 23.7 Å². The molecule has 7 heteroatoms. The smallest absolute Gasteiger partial charge is 0.260 e. The van der Waals surface area contributed by atoms with Gasteiger partial charge in [0.25, 0.3) is 5.91 Å². The maximum atomic E-state index is 12.7. The van der Waals surface area contributed by atoms with Crippen LogP contribution in [0, 0.1) is 0 Å². The van der Waals surface area contributed by atoms with Crippen molar-refractivity contribution < 1.29 is 13.9 Å². The van der Waals surface area contributed by atoms with Crippen molar-refractivity contribution in [3.63, 3.8) is 0 Å². The van der Waals surface area contributed by atoms with Gasteiger partial charge in [0, 0.05) is 30.6 Å². The summed E-state index contributed by atoms with van der Waals surface area (Å²) in [7, 11) is 0. The first-order chi connectivity index (χ1) is 14.7. The van der Waals surface area contributed by atoms with Gasteiger partial charge in [0.2, 0.25) is 0 Å². The minimum atomic E-state index is -0.0370. The van der Waals surface area contributed by atoms with Crippen LogP contribution in [-0.2, 0) is 4.79 Å². The summed E-state index contributed by atoms with van der Waals surface area (Å²) < 4.78 is 11.7. The first-order valence-corrected chi connectivity index (χ1v) is 10.4. The second-order valence-electron chi connectivity index (χ2n) is 7.41. The molecule has 0 aliphatic carbocycles. The number of piperidine rings is 1. The van der Waals surface area contributed by atoms with Crippen LogP contribution >= 0.6 is 11.6 Å². The lowest BCUT2D eigenvalue weighted by Crippen LogP contribution is -2.40. The molecule has 0 spiro atoms. The summed E-state index contributed by atoms with van der Waals surface area (Å²) in [6, 6.07) is 15.0. The molecule has 0 unspecified atom stereocenters. The molecule has 0 saturated carbocycles. The van der Waals surface area contributed by atoms with Crippen LogP contribution in [0.3, 0.4) is 0 Å². The van der Waals surface area contributed by atoms with E-state index in [2.05, 4.69) is 9.97 Å². The van der Waals surface area contributed by atoms with Crippen LogP contribution in [0.5, 0.6) is 5.75 Å². The molecule has 0 N–H and O–H groups in total. The van der Waals surface area contributed by atoms with E-state index in [1.54, 1.807) is 18.3 Å². The Morgan fingerprint density at radius 1 is 1.13 bits per heavy atom. The molecule has 2 aromatic carbocycles. The number of aromatic nitrogens is 2. The maximum Gasteiger partial charge on any atom is 0.260 e. The normalized spacial score (nSPS) is 15.0. The van der Waals surface area contributed by atoms with Crippen molar-refractivity contribution in [2.24, 2.45) is 0 Å². The molecular formula is C23H20ClN3O3. The maximum absolute atomic E-state index is 12.7. The highest BCUT2D eigenvalue weighted by Crippen LogP contribution is 2.31. The molecule has 1 aliphatic rings. The highest BCUT2D eigenvalue weighted by atomic mass is 35.5. The van der Waals surface area contributed by atoms with Crippen molar-refractivity contribution in [1.29, 1.82) is 0 Å². The third kappa shape index (κ3) is 3.59. The van der Waals surface area contributed by atoms with E-state index in [9.17, 15) is 4.79 Å². The number of pyridine rings is 1. The van der Waals surface area contributed by atoms with Gasteiger partial charge in [0.1, 0.15) is 16.8 Å². The lowest BCUT2D eigenvalue weighted by atomic mass is 9.97. The van der Waals surface area contributed by atoms with E-state index in [-0.39, 0.29) is 18.4 Å². The minimum Gasteiger partial charge on any atom is -0.481 e. The average molecular weight is 422 g/mol. The van der Waals surface area contributed by atoms with Crippen molar-refractivity contribution in [3.8, 4) is 5.75 Å². The predicted molar refractivity (Wildman–Crippen MR) is 115 cm³/mol. The molecule has 0 bridgehead atoms. The quantitative estimate of drug-likeness (QED) is 0.472. The zero-order valence-corrected chi connectivity index (χ0v) is 17.0. The number of para-hydroxylation sites is 2. The third-order valence-corrected chi connectivity index (χ3v) is 5.87. The average Bonchev–Trinajstić information content (AvgIpc) is 3.23. The van der Waals surface area contributed by atoms with Crippen molar-refractivity contribution in [2.45, 2.75) is 18.8 Å². The fraction of sp³-hybridized carbons (Fsp3) is 0.261. The monoisotopic (exact) mass is 421 g/mol. The molecule has 5 rings (SSSR count). The number of halogens is 1. The number of fused-ring (bicyclic) bond motifs is 2.